The molecule has 0 aromatic rings. The molecule has 1 rings (SSSR count). The second-order valence-electron chi connectivity index (χ2n) is 4.15. The Bertz CT molecular complexity index is 195. The van der Waals surface area contributed by atoms with Crippen LogP contribution < -0.4 is 5.32 Å². The largest absolute Gasteiger partial charge is 0.392 e. The van der Waals surface area contributed by atoms with Crippen molar-refractivity contribution in [3.05, 3.63) is 0 Å². The average molecular weight is 200 g/mol. The van der Waals surface area contributed by atoms with Gasteiger partial charge in [0.15, 0.2) is 0 Å². The van der Waals surface area contributed by atoms with Crippen LogP contribution in [-0.4, -0.2) is 47.7 Å². The zero-order valence-electron chi connectivity index (χ0n) is 8.99. The molecule has 1 aliphatic rings. The predicted molar refractivity (Wildman–Crippen MR) is 55.0 cm³/mol. The maximum absolute atomic E-state index is 10.9. The molecule has 1 aliphatic heterocycles. The fourth-order valence-electron chi connectivity index (χ4n) is 2.00. The van der Waals surface area contributed by atoms with Gasteiger partial charge in [-0.15, -0.1) is 0 Å². The molecule has 14 heavy (non-hydrogen) atoms. The molecule has 0 unspecified atom stereocenters. The minimum absolute atomic E-state index is 0.0360. The number of amides is 1. The van der Waals surface area contributed by atoms with Crippen molar-refractivity contribution in [2.24, 2.45) is 0 Å². The monoisotopic (exact) mass is 200 g/mol. The normalized spacial score (nSPS) is 25.8. The lowest BCUT2D eigenvalue weighted by Crippen LogP contribution is -2.48. The number of nitrogens with zero attached hydrogens (tertiary/aromatic N) is 1. The smallest absolute Gasteiger partial charge is 0.217 e. The maximum atomic E-state index is 10.9. The van der Waals surface area contributed by atoms with Crippen LogP contribution in [0, 0.1) is 0 Å². The molecule has 1 amide bonds. The fourth-order valence-corrected chi connectivity index (χ4v) is 2.00. The summed E-state index contributed by atoms with van der Waals surface area (Å²) in [5.41, 5.74) is 0. The second-order valence-corrected chi connectivity index (χ2v) is 4.15. The lowest BCUT2D eigenvalue weighted by atomic mass is 10.1. The highest BCUT2D eigenvalue weighted by Gasteiger charge is 2.20. The van der Waals surface area contributed by atoms with Crippen LogP contribution in [0.5, 0.6) is 0 Å². The number of β-amino-alcohol motifs (C(OH)–C–C–N with tert-alkyl or cyclic N) is 1. The molecule has 0 aromatic heterocycles. The first-order chi connectivity index (χ1) is 6.58. The van der Waals surface area contributed by atoms with Gasteiger partial charge in [-0.25, -0.2) is 0 Å². The highest BCUT2D eigenvalue weighted by atomic mass is 16.3. The SMILES string of the molecule is CC(=O)N[C@@H]1CCCN(C[C@@H](C)O)C1. The maximum Gasteiger partial charge on any atom is 0.217 e. The van der Waals surface area contributed by atoms with Gasteiger partial charge in [-0.1, -0.05) is 0 Å². The van der Waals surface area contributed by atoms with E-state index in [0.717, 1.165) is 25.9 Å². The van der Waals surface area contributed by atoms with Crippen LogP contribution in [0.4, 0.5) is 0 Å². The van der Waals surface area contributed by atoms with Gasteiger partial charge in [-0.05, 0) is 26.3 Å². The standard InChI is InChI=1S/C10H20N2O2/c1-8(13)6-12-5-3-4-10(7-12)11-9(2)14/h8,10,13H,3-7H2,1-2H3,(H,11,14)/t8-,10-/m1/s1. The van der Waals surface area contributed by atoms with Crippen molar-refractivity contribution in [2.45, 2.75) is 38.8 Å². The van der Waals surface area contributed by atoms with Crippen LogP contribution in [0.1, 0.15) is 26.7 Å². The molecule has 1 fully saturated rings. The van der Waals surface area contributed by atoms with E-state index in [9.17, 15) is 9.90 Å². The van der Waals surface area contributed by atoms with Crippen molar-refractivity contribution in [3.63, 3.8) is 0 Å². The number of aliphatic hydroxyl groups is 1. The molecular formula is C10H20N2O2. The van der Waals surface area contributed by atoms with Gasteiger partial charge in [0.2, 0.25) is 5.91 Å². The van der Waals surface area contributed by atoms with Crippen molar-refractivity contribution < 1.29 is 9.90 Å². The Balaban J connectivity index is 2.32. The number of carbonyl (C=O) groups excluding carboxylic acids is 1. The quantitative estimate of drug-likeness (QED) is 0.672. The van der Waals surface area contributed by atoms with Crippen molar-refractivity contribution >= 4 is 5.91 Å². The minimum Gasteiger partial charge on any atom is -0.392 e. The first kappa shape index (κ1) is 11.5. The summed E-state index contributed by atoms with van der Waals surface area (Å²) in [6.45, 7) is 5.94. The summed E-state index contributed by atoms with van der Waals surface area (Å²) in [4.78, 5) is 13.1. The van der Waals surface area contributed by atoms with Gasteiger partial charge < -0.3 is 10.4 Å². The number of likely N-dealkylation sites (tertiary alicyclic amines) is 1. The molecule has 0 radical (unpaired) electrons. The van der Waals surface area contributed by atoms with Crippen molar-refractivity contribution in [3.8, 4) is 0 Å². The lowest BCUT2D eigenvalue weighted by molar-refractivity contribution is -0.120. The number of carbonyl (C=O) groups is 1. The second kappa shape index (κ2) is 5.32. The fraction of sp³-hybridized carbons (Fsp3) is 0.900. The summed E-state index contributed by atoms with van der Waals surface area (Å²) in [5, 5.41) is 12.2. The van der Waals surface area contributed by atoms with E-state index in [1.807, 2.05) is 0 Å². The first-order valence-corrected chi connectivity index (χ1v) is 5.25. The summed E-state index contributed by atoms with van der Waals surface area (Å²) >= 11 is 0. The summed E-state index contributed by atoms with van der Waals surface area (Å²) in [6, 6.07) is 0.264. The van der Waals surface area contributed by atoms with Gasteiger partial charge in [0.25, 0.3) is 0 Å². The highest BCUT2D eigenvalue weighted by Crippen LogP contribution is 2.10. The summed E-state index contributed by atoms with van der Waals surface area (Å²) in [5.74, 6) is 0.0360. The van der Waals surface area contributed by atoms with Gasteiger partial charge in [-0.3, -0.25) is 9.69 Å². The molecule has 1 saturated heterocycles. The molecule has 0 bridgehead atoms. The number of rotatable bonds is 3. The van der Waals surface area contributed by atoms with Crippen molar-refractivity contribution in [2.75, 3.05) is 19.6 Å². The van der Waals surface area contributed by atoms with E-state index in [2.05, 4.69) is 10.2 Å². The predicted octanol–water partition coefficient (Wildman–Crippen LogP) is -0.0323. The van der Waals surface area contributed by atoms with Gasteiger partial charge in [0.05, 0.1) is 6.10 Å². The molecule has 2 N–H and O–H groups in total. The van der Waals surface area contributed by atoms with E-state index < -0.39 is 0 Å². The molecule has 1 heterocycles. The number of piperidine rings is 1. The van der Waals surface area contributed by atoms with Crippen molar-refractivity contribution in [1.29, 1.82) is 0 Å². The van der Waals surface area contributed by atoms with E-state index in [4.69, 9.17) is 0 Å². The molecule has 4 nitrogen and oxygen atoms in total. The van der Waals surface area contributed by atoms with Crippen LogP contribution in [-0.2, 0) is 4.79 Å². The number of hydrogen-bond donors (Lipinski definition) is 2. The van der Waals surface area contributed by atoms with E-state index >= 15 is 0 Å². The van der Waals surface area contributed by atoms with E-state index in [-0.39, 0.29) is 18.1 Å². The van der Waals surface area contributed by atoms with Gasteiger partial charge in [0, 0.05) is 26.1 Å². The molecule has 82 valence electrons. The third-order valence-electron chi connectivity index (χ3n) is 2.44. The minimum atomic E-state index is -0.286. The third kappa shape index (κ3) is 4.07. The van der Waals surface area contributed by atoms with Crippen LogP contribution in [0.25, 0.3) is 0 Å². The Labute approximate surface area is 85.3 Å². The van der Waals surface area contributed by atoms with Crippen LogP contribution >= 0.6 is 0 Å². The number of hydrogen-bond acceptors (Lipinski definition) is 3. The zero-order valence-corrected chi connectivity index (χ0v) is 8.99. The van der Waals surface area contributed by atoms with Gasteiger partial charge >= 0.3 is 0 Å². The molecule has 0 spiro atoms. The summed E-state index contributed by atoms with van der Waals surface area (Å²) < 4.78 is 0. The lowest BCUT2D eigenvalue weighted by Gasteiger charge is -2.33. The molecule has 0 aromatic carbocycles. The van der Waals surface area contributed by atoms with Crippen LogP contribution in [0.15, 0.2) is 0 Å². The Morgan fingerprint density at radius 1 is 1.71 bits per heavy atom. The molecular weight excluding hydrogens is 180 g/mol. The average Bonchev–Trinajstić information content (AvgIpc) is 2.01. The van der Waals surface area contributed by atoms with E-state index in [1.54, 1.807) is 13.8 Å². The Morgan fingerprint density at radius 3 is 3.00 bits per heavy atom. The number of nitrogens with one attached hydrogen (secondary N) is 1. The van der Waals surface area contributed by atoms with Crippen LogP contribution in [0.2, 0.25) is 0 Å². The third-order valence-corrected chi connectivity index (χ3v) is 2.44. The number of aliphatic hydroxyl groups excluding tert-OH is 1. The molecule has 0 saturated carbocycles. The van der Waals surface area contributed by atoms with Gasteiger partial charge in [0.1, 0.15) is 0 Å². The van der Waals surface area contributed by atoms with E-state index in [1.165, 1.54) is 0 Å². The first-order valence-electron chi connectivity index (χ1n) is 5.25. The Morgan fingerprint density at radius 2 is 2.43 bits per heavy atom. The van der Waals surface area contributed by atoms with Crippen molar-refractivity contribution in [1.82, 2.24) is 10.2 Å². The van der Waals surface area contributed by atoms with E-state index in [0.29, 0.717) is 6.54 Å². The Hall–Kier alpha value is -0.610. The van der Waals surface area contributed by atoms with Crippen LogP contribution in [0.3, 0.4) is 0 Å². The highest BCUT2D eigenvalue weighted by molar-refractivity contribution is 5.73. The zero-order chi connectivity index (χ0) is 10.6. The molecule has 0 aliphatic carbocycles. The molecule has 2 atom stereocenters. The van der Waals surface area contributed by atoms with Gasteiger partial charge in [-0.2, -0.15) is 0 Å². The summed E-state index contributed by atoms with van der Waals surface area (Å²) in [7, 11) is 0. The molecule has 4 heteroatoms. The topological polar surface area (TPSA) is 52.6 Å². The summed E-state index contributed by atoms with van der Waals surface area (Å²) in [6.07, 6.45) is 1.86. The Kier molecular flexibility index (Phi) is 4.35.